The summed E-state index contributed by atoms with van der Waals surface area (Å²) in [7, 11) is 0. The third-order valence-electron chi connectivity index (χ3n) is 0.0730. The summed E-state index contributed by atoms with van der Waals surface area (Å²) < 4.78 is 0. The lowest BCUT2D eigenvalue weighted by molar-refractivity contribution is -0.606. The third-order valence-corrected chi connectivity index (χ3v) is 0.0730. The maximum Gasteiger partial charge on any atom is 0.216 e. The molecule has 5 heavy (non-hydrogen) atoms. The molecule has 0 aliphatic heterocycles. The average Bonchev–Trinajstić information content (AvgIpc) is 1.38. The Hall–Kier alpha value is -0.840. The Morgan fingerprint density at radius 3 is 2.20 bits per heavy atom. The van der Waals surface area contributed by atoms with E-state index in [2.05, 4.69) is 0 Å². The van der Waals surface area contributed by atoms with Crippen LogP contribution in [-0.2, 0) is 0 Å². The van der Waals surface area contributed by atoms with Crippen LogP contribution in [0.3, 0.4) is 0 Å². The van der Waals surface area contributed by atoms with E-state index in [1.54, 1.807) is 5.59 Å². The lowest BCUT2D eigenvalue weighted by Gasteiger charge is -1.67. The smallest absolute Gasteiger partial charge is 0.216 e. The number of nitro groups is 1. The first-order valence-corrected chi connectivity index (χ1v) is 0.765. The molecule has 0 unspecified atom stereocenters. The molecule has 0 aliphatic carbocycles. The molecule has 0 saturated carbocycles. The van der Waals surface area contributed by atoms with Gasteiger partial charge in [-0.3, -0.25) is 0 Å². The zero-order chi connectivity index (χ0) is 4.28. The number of rotatable bonds is 1. The molecule has 0 saturated heterocycles. The minimum Gasteiger partial charge on any atom is -0.231 e. The molecule has 0 heterocycles. The highest BCUT2D eigenvalue weighted by atomic mass is 16.7. The van der Waals surface area contributed by atoms with Gasteiger partial charge >= 0.3 is 0 Å². The summed E-state index contributed by atoms with van der Waals surface area (Å²) in [5.41, 5.74) is 1.61. The van der Waals surface area contributed by atoms with Gasteiger partial charge in [0.1, 0.15) is 0 Å². The molecular formula is HN2O3. The van der Waals surface area contributed by atoms with E-state index in [4.69, 9.17) is 15.3 Å². The first-order chi connectivity index (χ1) is 2.27. The zero-order valence-electron chi connectivity index (χ0n) is 2.16. The quantitative estimate of drug-likeness (QED) is 0.328. The fourth-order valence-electron chi connectivity index (χ4n) is 0. The predicted molar refractivity (Wildman–Crippen MR) is 10.9 cm³/mol. The van der Waals surface area contributed by atoms with Crippen molar-refractivity contribution < 1.29 is 10.2 Å². The maximum absolute atomic E-state index is 8.76. The van der Waals surface area contributed by atoms with Crippen molar-refractivity contribution in [1.82, 2.24) is 5.59 Å². The van der Waals surface area contributed by atoms with Gasteiger partial charge in [0, 0.05) is 0 Å². The summed E-state index contributed by atoms with van der Waals surface area (Å²) in [4.78, 5) is 8.76. The van der Waals surface area contributed by atoms with Crippen LogP contribution in [-0.4, -0.2) is 10.2 Å². The molecule has 0 aromatic rings. The molecule has 5 nitrogen and oxygen atoms in total. The van der Waals surface area contributed by atoms with Gasteiger partial charge in [0.2, 0.25) is 10.6 Å². The van der Waals surface area contributed by atoms with Crippen LogP contribution in [0.15, 0.2) is 0 Å². The van der Waals surface area contributed by atoms with Crippen LogP contribution in [0.2, 0.25) is 0 Å². The van der Waals surface area contributed by atoms with Gasteiger partial charge in [0.15, 0.2) is 0 Å². The van der Waals surface area contributed by atoms with Gasteiger partial charge < -0.3 is 0 Å². The summed E-state index contributed by atoms with van der Waals surface area (Å²) in [6.45, 7) is 0. The van der Waals surface area contributed by atoms with Crippen LogP contribution in [0.1, 0.15) is 0 Å². The molecule has 29 valence electrons. The molecule has 0 aromatic heterocycles. The first-order valence-electron chi connectivity index (χ1n) is 0.765. The highest BCUT2D eigenvalue weighted by Crippen LogP contribution is 1.45. The molecule has 1 N–H and O–H groups in total. The van der Waals surface area contributed by atoms with Crippen LogP contribution in [0.5, 0.6) is 0 Å². The zero-order valence-corrected chi connectivity index (χ0v) is 2.16. The van der Waals surface area contributed by atoms with Crippen LogP contribution in [0.4, 0.5) is 0 Å². The predicted octanol–water partition coefficient (Wildman–Crippen LogP) is -0.828. The molecule has 0 amide bonds. The summed E-state index contributed by atoms with van der Waals surface area (Å²) in [6.07, 6.45) is 0. The second-order valence-corrected chi connectivity index (χ2v) is 0.327. The number of hydrogen-bond acceptors (Lipinski definition) is 3. The van der Waals surface area contributed by atoms with E-state index in [1.165, 1.54) is 0 Å². The van der Waals surface area contributed by atoms with Gasteiger partial charge in [-0.05, 0) is 0 Å². The molecule has 0 bridgehead atoms. The average molecular weight is 77.0 g/mol. The molecule has 1 radical (unpaired) electrons. The van der Waals surface area contributed by atoms with E-state index in [1.807, 2.05) is 0 Å². The van der Waals surface area contributed by atoms with E-state index < -0.39 is 5.03 Å². The van der Waals surface area contributed by atoms with E-state index in [-0.39, 0.29) is 0 Å². The standard InChI is InChI=1S/HN2O3/c3-1-2(4)5/h3H. The Kier molecular flexibility index (Phi) is 1.23. The number of hydrogen-bond donors (Lipinski definition) is 1. The van der Waals surface area contributed by atoms with Gasteiger partial charge in [-0.15, -0.1) is 0 Å². The van der Waals surface area contributed by atoms with Gasteiger partial charge in [0.25, 0.3) is 0 Å². The molecule has 0 aromatic carbocycles. The minimum atomic E-state index is -1.19. The molecule has 0 rings (SSSR count). The van der Waals surface area contributed by atoms with Crippen LogP contribution < -0.4 is 5.59 Å². The second kappa shape index (κ2) is 1.48. The van der Waals surface area contributed by atoms with Crippen molar-refractivity contribution in [1.29, 1.82) is 0 Å². The third kappa shape index (κ3) is 3.16. The molecule has 0 aliphatic rings. The molecule has 5 heteroatoms. The Bertz CT molecular complexity index is 40.2. The van der Waals surface area contributed by atoms with Crippen molar-refractivity contribution in [3.8, 4) is 0 Å². The van der Waals surface area contributed by atoms with Crippen LogP contribution in [0, 0.1) is 10.1 Å². The molecule has 0 fully saturated rings. The monoisotopic (exact) mass is 77.0 g/mol. The largest absolute Gasteiger partial charge is 0.231 e. The van der Waals surface area contributed by atoms with E-state index in [9.17, 15) is 0 Å². The molecule has 0 atom stereocenters. The Morgan fingerprint density at radius 2 is 2.20 bits per heavy atom. The Labute approximate surface area is 27.3 Å². The van der Waals surface area contributed by atoms with Crippen molar-refractivity contribution in [2.24, 2.45) is 0 Å². The van der Waals surface area contributed by atoms with Crippen molar-refractivity contribution >= 4 is 0 Å². The van der Waals surface area contributed by atoms with E-state index >= 15 is 0 Å². The lowest BCUT2D eigenvalue weighted by atomic mass is 12.6. The Morgan fingerprint density at radius 1 is 2.00 bits per heavy atom. The summed E-state index contributed by atoms with van der Waals surface area (Å²) in [6, 6.07) is 0. The van der Waals surface area contributed by atoms with Crippen molar-refractivity contribution in [2.45, 2.75) is 0 Å². The van der Waals surface area contributed by atoms with Crippen LogP contribution in [0.25, 0.3) is 0 Å². The summed E-state index contributed by atoms with van der Waals surface area (Å²) >= 11 is 0. The summed E-state index contributed by atoms with van der Waals surface area (Å²) in [5.74, 6) is 0. The fraction of sp³-hybridized carbons (Fsp3) is 0. The van der Waals surface area contributed by atoms with Crippen molar-refractivity contribution in [3.63, 3.8) is 0 Å². The van der Waals surface area contributed by atoms with E-state index in [0.29, 0.717) is 0 Å². The van der Waals surface area contributed by atoms with Gasteiger partial charge in [-0.2, -0.15) is 0 Å². The number of nitrogens with zero attached hydrogens (tertiary/aromatic N) is 2. The Balaban J connectivity index is 2.85. The maximum atomic E-state index is 8.76. The highest BCUT2D eigenvalue weighted by Gasteiger charge is 1.83. The minimum absolute atomic E-state index is 1.19. The first kappa shape index (κ1) is 4.16. The second-order valence-electron chi connectivity index (χ2n) is 0.327. The topological polar surface area (TPSA) is 77.5 Å². The van der Waals surface area contributed by atoms with E-state index in [0.717, 1.165) is 0 Å². The highest BCUT2D eigenvalue weighted by molar-refractivity contribution is 3.88. The molecule has 0 spiro atoms. The van der Waals surface area contributed by atoms with Crippen LogP contribution >= 0.6 is 0 Å². The van der Waals surface area contributed by atoms with Crippen molar-refractivity contribution in [3.05, 3.63) is 10.1 Å². The fourth-order valence-corrected chi connectivity index (χ4v) is 0. The molecular weight excluding hydrogens is 76.0 g/mol. The lowest BCUT2D eigenvalue weighted by Crippen LogP contribution is -2.05. The SMILES string of the molecule is O=[N+]([O-])[N]O. The van der Waals surface area contributed by atoms with Gasteiger partial charge in [0.05, 0.1) is 0 Å². The van der Waals surface area contributed by atoms with Crippen molar-refractivity contribution in [2.75, 3.05) is 0 Å². The normalized spacial score (nSPS) is 6.60. The summed E-state index contributed by atoms with van der Waals surface area (Å²) in [5, 5.41) is 14.6. The van der Waals surface area contributed by atoms with Gasteiger partial charge in [-0.1, -0.05) is 0 Å². The van der Waals surface area contributed by atoms with Gasteiger partial charge in [-0.25, -0.2) is 15.3 Å².